The lowest BCUT2D eigenvalue weighted by Gasteiger charge is -2.34. The van der Waals surface area contributed by atoms with Crippen LogP contribution in [0.25, 0.3) is 0 Å². The van der Waals surface area contributed by atoms with Gasteiger partial charge in [0.2, 0.25) is 0 Å². The first-order valence-electron chi connectivity index (χ1n) is 6.70. The van der Waals surface area contributed by atoms with E-state index in [1.807, 2.05) is 0 Å². The van der Waals surface area contributed by atoms with E-state index >= 15 is 0 Å². The molecule has 2 rings (SSSR count). The number of nitrogens with one attached hydrogen (secondary N) is 1. The van der Waals surface area contributed by atoms with Crippen LogP contribution in [0.3, 0.4) is 0 Å². The van der Waals surface area contributed by atoms with Crippen molar-refractivity contribution in [3.8, 4) is 0 Å². The molecule has 108 valence electrons. The third-order valence-electron chi connectivity index (χ3n) is 3.64. The van der Waals surface area contributed by atoms with Gasteiger partial charge in [0.15, 0.2) is 0 Å². The third-order valence-corrected chi connectivity index (χ3v) is 3.64. The number of ether oxygens (including phenoxy) is 1. The molecule has 2 heterocycles. The number of piperidine rings is 1. The number of nitrogens with zero attached hydrogens (tertiary/aromatic N) is 2. The van der Waals surface area contributed by atoms with Crippen molar-refractivity contribution in [2.75, 3.05) is 13.1 Å². The minimum atomic E-state index is -0.674. The molecule has 0 aromatic carbocycles. The fourth-order valence-electron chi connectivity index (χ4n) is 2.48. The lowest BCUT2D eigenvalue weighted by atomic mass is 9.76. The number of hydrogen-bond acceptors (Lipinski definition) is 6. The summed E-state index contributed by atoms with van der Waals surface area (Å²) in [5, 5.41) is 3.29. The van der Waals surface area contributed by atoms with E-state index in [9.17, 15) is 9.59 Å². The van der Waals surface area contributed by atoms with Crippen LogP contribution in [0.2, 0.25) is 0 Å². The Morgan fingerprint density at radius 1 is 1.35 bits per heavy atom. The second kappa shape index (κ2) is 5.66. The van der Waals surface area contributed by atoms with Crippen LogP contribution in [-0.2, 0) is 14.9 Å². The predicted octanol–water partition coefficient (Wildman–Crippen LogP) is 1.13. The molecule has 20 heavy (non-hydrogen) atoms. The van der Waals surface area contributed by atoms with Gasteiger partial charge in [-0.05, 0) is 32.9 Å². The van der Waals surface area contributed by atoms with E-state index in [0.717, 1.165) is 25.9 Å². The molecule has 0 amide bonds. The zero-order valence-electron chi connectivity index (χ0n) is 12.0. The second-order valence-electron chi connectivity index (χ2n) is 5.37. The van der Waals surface area contributed by atoms with Gasteiger partial charge in [-0.25, -0.2) is 14.8 Å². The summed E-state index contributed by atoms with van der Waals surface area (Å²) in [7, 11) is 0. The molecule has 0 spiro atoms. The molecule has 0 bridgehead atoms. The molecular formula is C14H19N3O3. The molecule has 6 heteroatoms. The summed E-state index contributed by atoms with van der Waals surface area (Å²) < 4.78 is 4.68. The first kappa shape index (κ1) is 14.6. The van der Waals surface area contributed by atoms with Crippen LogP contribution in [0, 0.1) is 6.92 Å². The van der Waals surface area contributed by atoms with Crippen LogP contribution in [-0.4, -0.2) is 35.0 Å². The number of aryl methyl sites for hydroxylation is 1. The van der Waals surface area contributed by atoms with Crippen molar-refractivity contribution in [1.29, 1.82) is 0 Å². The zero-order chi connectivity index (χ0) is 14.8. The second-order valence-corrected chi connectivity index (χ2v) is 5.37. The largest absolute Gasteiger partial charge is 0.390 e. The van der Waals surface area contributed by atoms with Crippen molar-refractivity contribution < 1.29 is 14.3 Å². The van der Waals surface area contributed by atoms with E-state index in [2.05, 4.69) is 26.9 Å². The van der Waals surface area contributed by atoms with Crippen molar-refractivity contribution in [3.63, 3.8) is 0 Å². The highest BCUT2D eigenvalue weighted by molar-refractivity contribution is 5.97. The van der Waals surface area contributed by atoms with Gasteiger partial charge in [-0.2, -0.15) is 0 Å². The zero-order valence-corrected chi connectivity index (χ0v) is 12.0. The van der Waals surface area contributed by atoms with Gasteiger partial charge in [-0.3, -0.25) is 4.79 Å². The number of aromatic nitrogens is 2. The van der Waals surface area contributed by atoms with E-state index in [0.29, 0.717) is 11.5 Å². The van der Waals surface area contributed by atoms with E-state index in [4.69, 9.17) is 0 Å². The first-order chi connectivity index (χ1) is 9.42. The topological polar surface area (TPSA) is 81.2 Å². The van der Waals surface area contributed by atoms with Gasteiger partial charge in [0, 0.05) is 18.5 Å². The standard InChI is InChI=1S/C14H19N3O3/c1-9-16-8-11(13(19)20-10(2)18)12(17-9)14(3)4-6-15-7-5-14/h8,15H,4-7H2,1-3H3. The van der Waals surface area contributed by atoms with Gasteiger partial charge in [0.05, 0.1) is 5.69 Å². The van der Waals surface area contributed by atoms with Crippen molar-refractivity contribution >= 4 is 11.9 Å². The fraction of sp³-hybridized carbons (Fsp3) is 0.571. The van der Waals surface area contributed by atoms with Crippen molar-refractivity contribution in [3.05, 3.63) is 23.3 Å². The van der Waals surface area contributed by atoms with Gasteiger partial charge in [-0.1, -0.05) is 6.92 Å². The van der Waals surface area contributed by atoms with Crippen LogP contribution in [0.4, 0.5) is 0 Å². The molecule has 1 aliphatic heterocycles. The Balaban J connectivity index is 2.42. The number of hydrogen-bond donors (Lipinski definition) is 1. The van der Waals surface area contributed by atoms with Crippen LogP contribution >= 0.6 is 0 Å². The molecule has 0 radical (unpaired) electrons. The number of carbonyl (C=O) groups excluding carboxylic acids is 2. The van der Waals surface area contributed by atoms with E-state index in [1.165, 1.54) is 13.1 Å². The number of carbonyl (C=O) groups is 2. The third kappa shape index (κ3) is 3.01. The molecular weight excluding hydrogens is 258 g/mol. The van der Waals surface area contributed by atoms with Crippen LogP contribution in [0.15, 0.2) is 6.20 Å². The molecule has 1 saturated heterocycles. The Hall–Kier alpha value is -1.82. The summed E-state index contributed by atoms with van der Waals surface area (Å²) >= 11 is 0. The molecule has 6 nitrogen and oxygen atoms in total. The summed E-state index contributed by atoms with van der Waals surface area (Å²) in [6, 6.07) is 0. The summed E-state index contributed by atoms with van der Waals surface area (Å²) in [6.07, 6.45) is 3.21. The highest BCUT2D eigenvalue weighted by atomic mass is 16.6. The fourth-order valence-corrected chi connectivity index (χ4v) is 2.48. The SMILES string of the molecule is CC(=O)OC(=O)c1cnc(C)nc1C1(C)CCNCC1. The van der Waals surface area contributed by atoms with E-state index in [1.54, 1.807) is 6.92 Å². The summed E-state index contributed by atoms with van der Waals surface area (Å²) in [6.45, 7) is 6.83. The molecule has 1 fully saturated rings. The molecule has 1 N–H and O–H groups in total. The molecule has 0 aliphatic carbocycles. The first-order valence-corrected chi connectivity index (χ1v) is 6.70. The molecule has 0 unspecified atom stereocenters. The van der Waals surface area contributed by atoms with Crippen LogP contribution < -0.4 is 5.32 Å². The molecule has 1 aliphatic rings. The predicted molar refractivity (Wildman–Crippen MR) is 72.3 cm³/mol. The lowest BCUT2D eigenvalue weighted by molar-refractivity contribution is -0.135. The Morgan fingerprint density at radius 3 is 2.60 bits per heavy atom. The van der Waals surface area contributed by atoms with E-state index in [-0.39, 0.29) is 11.0 Å². The Bertz CT molecular complexity index is 536. The Labute approximate surface area is 118 Å². The van der Waals surface area contributed by atoms with Gasteiger partial charge in [0.25, 0.3) is 0 Å². The average Bonchev–Trinajstić information content (AvgIpc) is 2.38. The lowest BCUT2D eigenvalue weighted by Crippen LogP contribution is -2.39. The number of esters is 2. The Morgan fingerprint density at radius 2 is 2.00 bits per heavy atom. The summed E-state index contributed by atoms with van der Waals surface area (Å²) in [5.74, 6) is -0.691. The summed E-state index contributed by atoms with van der Waals surface area (Å²) in [4.78, 5) is 31.5. The van der Waals surface area contributed by atoms with Crippen molar-refractivity contribution in [2.24, 2.45) is 0 Å². The van der Waals surface area contributed by atoms with Crippen molar-refractivity contribution in [1.82, 2.24) is 15.3 Å². The van der Waals surface area contributed by atoms with Crippen LogP contribution in [0.5, 0.6) is 0 Å². The smallest absolute Gasteiger partial charge is 0.349 e. The quantitative estimate of drug-likeness (QED) is 0.644. The number of rotatable bonds is 2. The minimum Gasteiger partial charge on any atom is -0.390 e. The maximum Gasteiger partial charge on any atom is 0.349 e. The highest BCUT2D eigenvalue weighted by Crippen LogP contribution is 2.33. The van der Waals surface area contributed by atoms with Gasteiger partial charge in [-0.15, -0.1) is 0 Å². The van der Waals surface area contributed by atoms with Crippen molar-refractivity contribution in [2.45, 2.75) is 39.0 Å². The van der Waals surface area contributed by atoms with Crippen LogP contribution in [0.1, 0.15) is 48.6 Å². The minimum absolute atomic E-state index is 0.204. The normalized spacial score (nSPS) is 17.6. The van der Waals surface area contributed by atoms with Gasteiger partial charge in [0.1, 0.15) is 11.4 Å². The highest BCUT2D eigenvalue weighted by Gasteiger charge is 2.35. The maximum absolute atomic E-state index is 12.0. The molecule has 1 aromatic heterocycles. The van der Waals surface area contributed by atoms with E-state index < -0.39 is 11.9 Å². The Kier molecular flexibility index (Phi) is 4.13. The molecule has 0 atom stereocenters. The maximum atomic E-state index is 12.0. The summed E-state index contributed by atoms with van der Waals surface area (Å²) in [5.41, 5.74) is 0.761. The molecule has 0 saturated carbocycles. The van der Waals surface area contributed by atoms with Gasteiger partial charge < -0.3 is 10.1 Å². The molecule has 1 aromatic rings. The van der Waals surface area contributed by atoms with Gasteiger partial charge >= 0.3 is 11.9 Å². The average molecular weight is 277 g/mol. The monoisotopic (exact) mass is 277 g/mol.